The van der Waals surface area contributed by atoms with Crippen LogP contribution >= 0.6 is 27.5 Å². The molecule has 0 unspecified atom stereocenters. The maximum absolute atomic E-state index is 13.0. The molecule has 0 aliphatic rings. The molecule has 0 heterocycles. The highest BCUT2D eigenvalue weighted by Gasteiger charge is 2.11. The molecule has 0 bridgehead atoms. The molecule has 2 N–H and O–H groups in total. The molecule has 0 saturated heterocycles. The number of nitrogens with one attached hydrogen (secondary N) is 2. The van der Waals surface area contributed by atoms with Crippen LogP contribution in [-0.2, 0) is 9.59 Å². The molecular formula is C15H11BrClFN2O2. The van der Waals surface area contributed by atoms with Gasteiger partial charge in [0.1, 0.15) is 12.2 Å². The number of anilines is 2. The van der Waals surface area contributed by atoms with Crippen molar-refractivity contribution in [1.29, 1.82) is 0 Å². The Morgan fingerprint density at radius 3 is 2.14 bits per heavy atom. The Labute approximate surface area is 139 Å². The van der Waals surface area contributed by atoms with Gasteiger partial charge < -0.3 is 10.6 Å². The maximum atomic E-state index is 13.0. The van der Waals surface area contributed by atoms with E-state index >= 15 is 0 Å². The molecule has 0 radical (unpaired) electrons. The zero-order chi connectivity index (χ0) is 16.1. The van der Waals surface area contributed by atoms with Gasteiger partial charge in [-0.2, -0.15) is 0 Å². The fourth-order valence-electron chi connectivity index (χ4n) is 1.66. The van der Waals surface area contributed by atoms with Crippen molar-refractivity contribution >= 4 is 50.7 Å². The number of benzene rings is 2. The third-order valence-electron chi connectivity index (χ3n) is 2.65. The molecule has 22 heavy (non-hydrogen) atoms. The zero-order valence-electron chi connectivity index (χ0n) is 11.2. The van der Waals surface area contributed by atoms with Gasteiger partial charge in [-0.15, -0.1) is 0 Å². The van der Waals surface area contributed by atoms with Crippen molar-refractivity contribution in [3.05, 3.63) is 57.8 Å². The molecule has 2 amide bonds. The van der Waals surface area contributed by atoms with Crippen molar-refractivity contribution in [1.82, 2.24) is 0 Å². The summed E-state index contributed by atoms with van der Waals surface area (Å²) in [5, 5.41) is 4.98. The van der Waals surface area contributed by atoms with Crippen LogP contribution in [0.3, 0.4) is 0 Å². The summed E-state index contributed by atoms with van der Waals surface area (Å²) in [5.41, 5.74) is 0.915. The Kier molecular flexibility index (Phi) is 5.51. The van der Waals surface area contributed by atoms with Crippen LogP contribution in [0.4, 0.5) is 15.8 Å². The third kappa shape index (κ3) is 4.82. The van der Waals surface area contributed by atoms with E-state index in [1.807, 2.05) is 0 Å². The molecule has 2 rings (SSSR count). The molecule has 0 fully saturated rings. The number of carbonyl (C=O) groups is 2. The molecule has 0 spiro atoms. The van der Waals surface area contributed by atoms with Gasteiger partial charge in [-0.1, -0.05) is 27.5 Å². The molecule has 0 saturated carbocycles. The summed E-state index contributed by atoms with van der Waals surface area (Å²) in [4.78, 5) is 23.5. The van der Waals surface area contributed by atoms with Crippen molar-refractivity contribution in [2.45, 2.75) is 6.42 Å². The van der Waals surface area contributed by atoms with E-state index in [-0.39, 0.29) is 11.4 Å². The summed E-state index contributed by atoms with van der Waals surface area (Å²) in [6, 6.07) is 10.7. The monoisotopic (exact) mass is 384 g/mol. The highest BCUT2D eigenvalue weighted by atomic mass is 79.9. The van der Waals surface area contributed by atoms with E-state index < -0.39 is 17.6 Å². The molecule has 4 nitrogen and oxygen atoms in total. The predicted octanol–water partition coefficient (Wildman–Crippen LogP) is 4.21. The van der Waals surface area contributed by atoms with E-state index in [4.69, 9.17) is 11.6 Å². The first-order valence-corrected chi connectivity index (χ1v) is 7.41. The van der Waals surface area contributed by atoms with Gasteiger partial charge in [-0.3, -0.25) is 9.59 Å². The molecule has 2 aromatic rings. The highest BCUT2D eigenvalue weighted by molar-refractivity contribution is 9.10. The summed E-state index contributed by atoms with van der Waals surface area (Å²) >= 11 is 8.90. The van der Waals surface area contributed by atoms with Gasteiger partial charge in [0.05, 0.1) is 5.02 Å². The lowest BCUT2D eigenvalue weighted by molar-refractivity contribution is -0.123. The van der Waals surface area contributed by atoms with E-state index in [0.29, 0.717) is 11.4 Å². The predicted molar refractivity (Wildman–Crippen MR) is 87.4 cm³/mol. The van der Waals surface area contributed by atoms with Gasteiger partial charge in [0, 0.05) is 15.8 Å². The Bertz CT molecular complexity index is 707. The Morgan fingerprint density at radius 2 is 1.55 bits per heavy atom. The number of rotatable bonds is 4. The van der Waals surface area contributed by atoms with Gasteiger partial charge in [0.15, 0.2) is 0 Å². The van der Waals surface area contributed by atoms with Crippen LogP contribution in [0.5, 0.6) is 0 Å². The number of halogens is 3. The van der Waals surface area contributed by atoms with Crippen LogP contribution in [0.1, 0.15) is 6.42 Å². The minimum absolute atomic E-state index is 0.0999. The minimum atomic E-state index is -0.576. The van der Waals surface area contributed by atoms with E-state index in [9.17, 15) is 14.0 Å². The minimum Gasteiger partial charge on any atom is -0.326 e. The lowest BCUT2D eigenvalue weighted by Crippen LogP contribution is -2.21. The second kappa shape index (κ2) is 7.38. The fourth-order valence-corrected chi connectivity index (χ4v) is 2.11. The number of amides is 2. The van der Waals surface area contributed by atoms with E-state index in [1.54, 1.807) is 24.3 Å². The molecular weight excluding hydrogens is 375 g/mol. The van der Waals surface area contributed by atoms with E-state index in [0.717, 1.165) is 10.5 Å². The normalized spacial score (nSPS) is 10.1. The van der Waals surface area contributed by atoms with Gasteiger partial charge in [0.25, 0.3) is 0 Å². The summed E-state index contributed by atoms with van der Waals surface area (Å²) in [6.07, 6.45) is -0.356. The van der Waals surface area contributed by atoms with E-state index in [2.05, 4.69) is 26.6 Å². The van der Waals surface area contributed by atoms with Gasteiger partial charge in [-0.05, 0) is 42.5 Å². The van der Waals surface area contributed by atoms with Gasteiger partial charge in [0.2, 0.25) is 11.8 Å². The Hall–Kier alpha value is -1.92. The van der Waals surface area contributed by atoms with Crippen LogP contribution in [0.15, 0.2) is 46.9 Å². The van der Waals surface area contributed by atoms with E-state index in [1.165, 1.54) is 12.1 Å². The fraction of sp³-hybridized carbons (Fsp3) is 0.0667. The highest BCUT2D eigenvalue weighted by Crippen LogP contribution is 2.19. The first-order chi connectivity index (χ1) is 10.4. The molecule has 114 valence electrons. The van der Waals surface area contributed by atoms with Crippen molar-refractivity contribution in [2.24, 2.45) is 0 Å². The zero-order valence-corrected chi connectivity index (χ0v) is 13.5. The maximum Gasteiger partial charge on any atom is 0.233 e. The molecule has 0 aliphatic carbocycles. The van der Waals surface area contributed by atoms with Crippen LogP contribution in [0, 0.1) is 5.82 Å². The van der Waals surface area contributed by atoms with Crippen molar-refractivity contribution in [3.63, 3.8) is 0 Å². The number of hydrogen-bond donors (Lipinski definition) is 2. The van der Waals surface area contributed by atoms with Crippen molar-refractivity contribution in [2.75, 3.05) is 10.6 Å². The molecule has 2 aromatic carbocycles. The summed E-state index contributed by atoms with van der Waals surface area (Å²) in [7, 11) is 0. The Morgan fingerprint density at radius 1 is 1.00 bits per heavy atom. The molecule has 0 aromatic heterocycles. The quantitative estimate of drug-likeness (QED) is 0.775. The molecule has 7 heteroatoms. The summed E-state index contributed by atoms with van der Waals surface area (Å²) < 4.78 is 13.9. The third-order valence-corrected chi connectivity index (χ3v) is 3.47. The van der Waals surface area contributed by atoms with Crippen molar-refractivity contribution < 1.29 is 14.0 Å². The van der Waals surface area contributed by atoms with Crippen LogP contribution < -0.4 is 10.6 Å². The average molecular weight is 386 g/mol. The lowest BCUT2D eigenvalue weighted by atomic mass is 10.2. The first kappa shape index (κ1) is 16.5. The van der Waals surface area contributed by atoms with Crippen LogP contribution in [0.2, 0.25) is 5.02 Å². The topological polar surface area (TPSA) is 58.2 Å². The van der Waals surface area contributed by atoms with Crippen LogP contribution in [0.25, 0.3) is 0 Å². The smallest absolute Gasteiger partial charge is 0.233 e. The second-order valence-electron chi connectivity index (χ2n) is 4.41. The lowest BCUT2D eigenvalue weighted by Gasteiger charge is -2.07. The Balaban J connectivity index is 1.89. The summed E-state index contributed by atoms with van der Waals surface area (Å²) in [5.74, 6) is -1.54. The van der Waals surface area contributed by atoms with Crippen molar-refractivity contribution in [3.8, 4) is 0 Å². The molecule has 0 aliphatic heterocycles. The average Bonchev–Trinajstić information content (AvgIpc) is 2.45. The SMILES string of the molecule is O=C(CC(=O)Nc1ccc(F)c(Cl)c1)Nc1ccc(Br)cc1. The van der Waals surface area contributed by atoms with Gasteiger partial charge >= 0.3 is 0 Å². The first-order valence-electron chi connectivity index (χ1n) is 6.24. The van der Waals surface area contributed by atoms with Gasteiger partial charge in [-0.25, -0.2) is 4.39 Å². The molecule has 0 atom stereocenters. The summed E-state index contributed by atoms with van der Waals surface area (Å²) in [6.45, 7) is 0. The number of hydrogen-bond acceptors (Lipinski definition) is 2. The standard InChI is InChI=1S/C15H11BrClFN2O2/c16-9-1-3-10(4-2-9)19-14(21)8-15(22)20-11-5-6-13(18)12(17)7-11/h1-7H,8H2,(H,19,21)(H,20,22). The largest absolute Gasteiger partial charge is 0.326 e. The second-order valence-corrected chi connectivity index (χ2v) is 5.73. The van der Waals surface area contributed by atoms with Crippen LogP contribution in [-0.4, -0.2) is 11.8 Å². The number of carbonyl (C=O) groups excluding carboxylic acids is 2.